The van der Waals surface area contributed by atoms with Crippen molar-refractivity contribution in [3.05, 3.63) is 55.3 Å². The van der Waals surface area contributed by atoms with Gasteiger partial charge in [0.05, 0.1) is 10.5 Å². The Morgan fingerprint density at radius 1 is 1.25 bits per heavy atom. The second kappa shape index (κ2) is 6.02. The van der Waals surface area contributed by atoms with Gasteiger partial charge in [-0.2, -0.15) is 11.3 Å². The first kappa shape index (κ1) is 14.3. The normalized spacial score (nSPS) is 12.9. The maximum absolute atomic E-state index is 6.07. The van der Waals surface area contributed by atoms with Crippen LogP contribution < -0.4 is 5.32 Å². The third-order valence-corrected chi connectivity index (χ3v) is 5.54. The van der Waals surface area contributed by atoms with E-state index in [0.717, 1.165) is 32.2 Å². The minimum absolute atomic E-state index is 0.0694. The molecule has 1 aromatic carbocycles. The largest absolute Gasteiger partial charge is 0.458 e. The van der Waals surface area contributed by atoms with Crippen LogP contribution in [0.15, 0.2) is 48.4 Å². The molecule has 0 aliphatic rings. The lowest BCUT2D eigenvalue weighted by Crippen LogP contribution is -2.21. The lowest BCUT2D eigenvalue weighted by molar-refractivity contribution is 0.476. The summed E-state index contributed by atoms with van der Waals surface area (Å²) in [5, 5.41) is 8.85. The van der Waals surface area contributed by atoms with Crippen molar-refractivity contribution in [2.75, 3.05) is 6.54 Å². The number of hydrogen-bond acceptors (Lipinski definition) is 3. The number of nitrogens with one attached hydrogen (secondary N) is 1. The molecule has 5 heteroatoms. The van der Waals surface area contributed by atoms with Crippen molar-refractivity contribution in [3.8, 4) is 0 Å². The molecule has 0 saturated heterocycles. The van der Waals surface area contributed by atoms with E-state index < -0.39 is 0 Å². The third kappa shape index (κ3) is 2.60. The number of halogens is 2. The monoisotopic (exact) mass is 413 g/mol. The van der Waals surface area contributed by atoms with E-state index in [9.17, 15) is 0 Å². The summed E-state index contributed by atoms with van der Waals surface area (Å²) in [7, 11) is 0. The second-order valence-corrected chi connectivity index (χ2v) is 6.92. The number of hydrogen-bond donors (Lipinski definition) is 1. The summed E-state index contributed by atoms with van der Waals surface area (Å²) >= 11 is 8.84. The molecule has 0 aliphatic carbocycles. The Kier molecular flexibility index (Phi) is 4.31. The molecule has 0 radical (unpaired) electrons. The summed E-state index contributed by atoms with van der Waals surface area (Å²) in [5.74, 6) is 0.938. The molecule has 0 spiro atoms. The Hall–Kier alpha value is -0.620. The van der Waals surface area contributed by atoms with Crippen LogP contribution in [0.25, 0.3) is 11.0 Å². The van der Waals surface area contributed by atoms with Gasteiger partial charge in [-0.05, 0) is 55.9 Å². The Bertz CT molecular complexity index is 734. The van der Waals surface area contributed by atoms with Gasteiger partial charge in [-0.15, -0.1) is 0 Å². The van der Waals surface area contributed by atoms with Crippen LogP contribution in [0.1, 0.15) is 24.3 Å². The van der Waals surface area contributed by atoms with Gasteiger partial charge in [0.15, 0.2) is 0 Å². The molecular weight excluding hydrogens is 402 g/mol. The average molecular weight is 415 g/mol. The quantitative estimate of drug-likeness (QED) is 0.590. The van der Waals surface area contributed by atoms with E-state index in [2.05, 4.69) is 67.0 Å². The topological polar surface area (TPSA) is 25.2 Å². The first-order valence-corrected chi connectivity index (χ1v) is 8.86. The van der Waals surface area contributed by atoms with E-state index in [1.807, 2.05) is 12.1 Å². The summed E-state index contributed by atoms with van der Waals surface area (Å²) in [6.07, 6.45) is 0. The van der Waals surface area contributed by atoms with Crippen LogP contribution in [0.2, 0.25) is 0 Å². The van der Waals surface area contributed by atoms with Gasteiger partial charge in [0.2, 0.25) is 0 Å². The molecule has 3 rings (SSSR count). The smallest absolute Gasteiger partial charge is 0.148 e. The number of para-hydroxylation sites is 1. The van der Waals surface area contributed by atoms with Crippen molar-refractivity contribution >= 4 is 54.2 Å². The van der Waals surface area contributed by atoms with Gasteiger partial charge in [0.1, 0.15) is 11.3 Å². The Balaban J connectivity index is 2.10. The molecule has 1 atom stereocenters. The Morgan fingerprint density at radius 2 is 2.10 bits per heavy atom. The predicted molar refractivity (Wildman–Crippen MR) is 91.5 cm³/mol. The maximum atomic E-state index is 6.07. The van der Waals surface area contributed by atoms with Crippen molar-refractivity contribution in [2.24, 2.45) is 0 Å². The standard InChI is InChI=1S/C15H13Br2NOS/c1-2-18-14(10-7-20-8-12(10)17)13-6-9-4-3-5-11(16)15(9)19-13/h3-8,14,18H,2H2,1H3. The van der Waals surface area contributed by atoms with E-state index in [0.29, 0.717) is 0 Å². The summed E-state index contributed by atoms with van der Waals surface area (Å²) in [6, 6.07) is 8.27. The van der Waals surface area contributed by atoms with Crippen molar-refractivity contribution in [3.63, 3.8) is 0 Å². The number of fused-ring (bicyclic) bond motifs is 1. The third-order valence-electron chi connectivity index (χ3n) is 3.16. The minimum atomic E-state index is 0.0694. The lowest BCUT2D eigenvalue weighted by atomic mass is 10.1. The molecule has 0 bridgehead atoms. The fourth-order valence-corrected chi connectivity index (χ4v) is 4.27. The van der Waals surface area contributed by atoms with E-state index >= 15 is 0 Å². The van der Waals surface area contributed by atoms with Crippen LogP contribution in [0.5, 0.6) is 0 Å². The van der Waals surface area contributed by atoms with Gasteiger partial charge in [-0.1, -0.05) is 19.1 Å². The maximum Gasteiger partial charge on any atom is 0.148 e. The minimum Gasteiger partial charge on any atom is -0.458 e. The highest BCUT2D eigenvalue weighted by Gasteiger charge is 2.21. The first-order chi connectivity index (χ1) is 9.70. The molecule has 104 valence electrons. The van der Waals surface area contributed by atoms with Gasteiger partial charge in [0.25, 0.3) is 0 Å². The van der Waals surface area contributed by atoms with E-state index in [-0.39, 0.29) is 6.04 Å². The van der Waals surface area contributed by atoms with E-state index in [4.69, 9.17) is 4.42 Å². The van der Waals surface area contributed by atoms with E-state index in [1.165, 1.54) is 5.56 Å². The second-order valence-electron chi connectivity index (χ2n) is 4.47. The molecule has 2 heterocycles. The molecule has 2 nitrogen and oxygen atoms in total. The molecule has 0 saturated carbocycles. The summed E-state index contributed by atoms with van der Waals surface area (Å²) in [4.78, 5) is 0. The van der Waals surface area contributed by atoms with Crippen molar-refractivity contribution in [2.45, 2.75) is 13.0 Å². The van der Waals surface area contributed by atoms with Gasteiger partial charge in [-0.25, -0.2) is 0 Å². The number of rotatable bonds is 4. The molecule has 1 N–H and O–H groups in total. The van der Waals surface area contributed by atoms with Gasteiger partial charge in [-0.3, -0.25) is 0 Å². The fraction of sp³-hybridized carbons (Fsp3) is 0.200. The summed E-state index contributed by atoms with van der Waals surface area (Å²) < 4.78 is 8.17. The predicted octanol–water partition coefficient (Wildman–Crippen LogP) is 5.72. The zero-order valence-corrected chi connectivity index (χ0v) is 14.8. The highest BCUT2D eigenvalue weighted by Crippen LogP contribution is 2.35. The van der Waals surface area contributed by atoms with Crippen LogP contribution in [-0.2, 0) is 0 Å². The molecule has 0 amide bonds. The molecule has 2 aromatic heterocycles. The molecule has 0 aliphatic heterocycles. The van der Waals surface area contributed by atoms with Gasteiger partial charge >= 0.3 is 0 Å². The number of benzene rings is 1. The number of furan rings is 1. The van der Waals surface area contributed by atoms with Crippen LogP contribution >= 0.6 is 43.2 Å². The zero-order chi connectivity index (χ0) is 14.1. The molecule has 20 heavy (non-hydrogen) atoms. The van der Waals surface area contributed by atoms with E-state index in [1.54, 1.807) is 11.3 Å². The van der Waals surface area contributed by atoms with Crippen LogP contribution in [0.3, 0.4) is 0 Å². The summed E-state index contributed by atoms with van der Waals surface area (Å²) in [6.45, 7) is 2.98. The van der Waals surface area contributed by atoms with Crippen LogP contribution in [0.4, 0.5) is 0 Å². The summed E-state index contributed by atoms with van der Waals surface area (Å²) in [5.41, 5.74) is 2.11. The highest BCUT2D eigenvalue weighted by atomic mass is 79.9. The molecule has 1 unspecified atom stereocenters. The lowest BCUT2D eigenvalue weighted by Gasteiger charge is -2.15. The van der Waals surface area contributed by atoms with Crippen molar-refractivity contribution in [1.29, 1.82) is 0 Å². The first-order valence-electron chi connectivity index (χ1n) is 6.33. The Morgan fingerprint density at radius 3 is 2.75 bits per heavy atom. The van der Waals surface area contributed by atoms with Gasteiger partial charge in [0, 0.05) is 20.8 Å². The fourth-order valence-electron chi connectivity index (χ4n) is 2.25. The van der Waals surface area contributed by atoms with Crippen LogP contribution in [0, 0.1) is 0 Å². The zero-order valence-electron chi connectivity index (χ0n) is 10.8. The van der Waals surface area contributed by atoms with Crippen LogP contribution in [-0.4, -0.2) is 6.54 Å². The number of thiophene rings is 1. The van der Waals surface area contributed by atoms with Gasteiger partial charge < -0.3 is 9.73 Å². The highest BCUT2D eigenvalue weighted by molar-refractivity contribution is 9.11. The molecular formula is C15H13Br2NOS. The average Bonchev–Trinajstić information content (AvgIpc) is 3.03. The SMILES string of the molecule is CCNC(c1cc2cccc(Br)c2o1)c1cscc1Br. The Labute approximate surface area is 138 Å². The van der Waals surface area contributed by atoms with Crippen molar-refractivity contribution in [1.82, 2.24) is 5.32 Å². The molecule has 0 fully saturated rings. The molecule has 3 aromatic rings. The van der Waals surface area contributed by atoms with Crippen molar-refractivity contribution < 1.29 is 4.42 Å².